The van der Waals surface area contributed by atoms with Gasteiger partial charge in [-0.05, 0) is 57.8 Å². The first-order chi connectivity index (χ1) is 12.0. The second-order valence-corrected chi connectivity index (χ2v) is 6.24. The molecule has 0 saturated heterocycles. The molecule has 0 aliphatic heterocycles. The van der Waals surface area contributed by atoms with Crippen molar-refractivity contribution >= 4 is 5.78 Å². The standard InChI is InChI=1S/C21H33F3O/c1-2-3-4-5-6-7-8-9-10-11-12-13-14-15-16-17-18-19-20(25)21(22,23)24/h6-7,12-13,15-16H,2-5,8-11,14,17-19H2,1H3. The first kappa shape index (κ1) is 23.7. The molecule has 1 nitrogen and oxygen atoms in total. The van der Waals surface area contributed by atoms with Crippen molar-refractivity contribution in [2.24, 2.45) is 0 Å². The number of rotatable bonds is 15. The SMILES string of the molecule is CCCCCC=CCCCCC=CCC=CCCCC(=O)C(F)(F)F. The van der Waals surface area contributed by atoms with Crippen LogP contribution in [-0.2, 0) is 4.79 Å². The molecule has 0 aliphatic carbocycles. The highest BCUT2D eigenvalue weighted by Crippen LogP contribution is 2.19. The number of Topliss-reactive ketones (excluding diaryl/α,β-unsaturated/α-hetero) is 1. The largest absolute Gasteiger partial charge is 0.449 e. The van der Waals surface area contributed by atoms with Gasteiger partial charge in [-0.1, -0.05) is 56.2 Å². The number of hydrogen-bond acceptors (Lipinski definition) is 1. The molecule has 0 aromatic carbocycles. The van der Waals surface area contributed by atoms with Crippen LogP contribution >= 0.6 is 0 Å². The van der Waals surface area contributed by atoms with E-state index < -0.39 is 18.4 Å². The maximum absolute atomic E-state index is 12.0. The van der Waals surface area contributed by atoms with Crippen molar-refractivity contribution < 1.29 is 18.0 Å². The Kier molecular flexibility index (Phi) is 15.3. The summed E-state index contributed by atoms with van der Waals surface area (Å²) >= 11 is 0. The summed E-state index contributed by atoms with van der Waals surface area (Å²) in [7, 11) is 0. The van der Waals surface area contributed by atoms with Gasteiger partial charge >= 0.3 is 6.18 Å². The predicted octanol–water partition coefficient (Wildman–Crippen LogP) is 7.49. The van der Waals surface area contributed by atoms with Gasteiger partial charge in [0.05, 0.1) is 0 Å². The monoisotopic (exact) mass is 358 g/mol. The summed E-state index contributed by atoms with van der Waals surface area (Å²) in [5.74, 6) is -1.63. The second kappa shape index (κ2) is 16.2. The van der Waals surface area contributed by atoms with Gasteiger partial charge in [-0.3, -0.25) is 4.79 Å². The maximum Gasteiger partial charge on any atom is 0.449 e. The van der Waals surface area contributed by atoms with Gasteiger partial charge in [0, 0.05) is 6.42 Å². The molecule has 0 saturated carbocycles. The lowest BCUT2D eigenvalue weighted by atomic mass is 10.1. The van der Waals surface area contributed by atoms with E-state index in [1.54, 1.807) is 0 Å². The molecule has 4 heteroatoms. The van der Waals surface area contributed by atoms with Crippen LogP contribution in [-0.4, -0.2) is 12.0 Å². The van der Waals surface area contributed by atoms with Crippen molar-refractivity contribution in [1.82, 2.24) is 0 Å². The third-order valence-corrected chi connectivity index (χ3v) is 3.83. The molecule has 144 valence electrons. The lowest BCUT2D eigenvalue weighted by Gasteiger charge is -2.02. The molecule has 0 fully saturated rings. The van der Waals surface area contributed by atoms with Gasteiger partial charge in [-0.15, -0.1) is 0 Å². The number of carbonyl (C=O) groups excluding carboxylic acids is 1. The second-order valence-electron chi connectivity index (χ2n) is 6.24. The third-order valence-electron chi connectivity index (χ3n) is 3.83. The van der Waals surface area contributed by atoms with Gasteiger partial charge in [-0.2, -0.15) is 13.2 Å². The lowest BCUT2D eigenvalue weighted by Crippen LogP contribution is -2.22. The molecule has 0 rings (SSSR count). The summed E-state index contributed by atoms with van der Waals surface area (Å²) < 4.78 is 35.9. The van der Waals surface area contributed by atoms with Crippen molar-refractivity contribution in [2.75, 3.05) is 0 Å². The number of halogens is 3. The zero-order chi connectivity index (χ0) is 18.8. The molecule has 0 amide bonds. The molecule has 0 aromatic rings. The van der Waals surface area contributed by atoms with Crippen molar-refractivity contribution in [3.8, 4) is 0 Å². The first-order valence-electron chi connectivity index (χ1n) is 9.53. The number of carbonyl (C=O) groups is 1. The van der Waals surface area contributed by atoms with E-state index in [0.29, 0.717) is 6.42 Å². The highest BCUT2D eigenvalue weighted by Gasteiger charge is 2.36. The molecule has 0 aromatic heterocycles. The molecule has 0 heterocycles. The minimum atomic E-state index is -4.68. The highest BCUT2D eigenvalue weighted by molar-refractivity contribution is 5.83. The number of ketones is 1. The first-order valence-corrected chi connectivity index (χ1v) is 9.53. The molecule has 0 radical (unpaired) electrons. The van der Waals surface area contributed by atoms with Gasteiger partial charge < -0.3 is 0 Å². The fourth-order valence-electron chi connectivity index (χ4n) is 2.30. The van der Waals surface area contributed by atoms with Crippen LogP contribution in [0.25, 0.3) is 0 Å². The summed E-state index contributed by atoms with van der Waals surface area (Å²) in [5, 5.41) is 0. The lowest BCUT2D eigenvalue weighted by molar-refractivity contribution is -0.171. The number of unbranched alkanes of at least 4 members (excludes halogenated alkanes) is 7. The van der Waals surface area contributed by atoms with E-state index in [9.17, 15) is 18.0 Å². The summed E-state index contributed by atoms with van der Waals surface area (Å²) in [6.07, 6.45) is 18.7. The minimum Gasteiger partial charge on any atom is -0.290 e. The van der Waals surface area contributed by atoms with Crippen molar-refractivity contribution in [3.63, 3.8) is 0 Å². The molecular weight excluding hydrogens is 325 g/mol. The fourth-order valence-corrected chi connectivity index (χ4v) is 2.30. The molecule has 0 bridgehead atoms. The van der Waals surface area contributed by atoms with Crippen LogP contribution in [0.4, 0.5) is 13.2 Å². The van der Waals surface area contributed by atoms with Crippen LogP contribution in [0, 0.1) is 0 Å². The molecule has 0 N–H and O–H groups in total. The Hall–Kier alpha value is -1.32. The van der Waals surface area contributed by atoms with Crippen molar-refractivity contribution in [2.45, 2.75) is 90.1 Å². The van der Waals surface area contributed by atoms with Gasteiger partial charge in [0.2, 0.25) is 5.78 Å². The van der Waals surface area contributed by atoms with Crippen LogP contribution < -0.4 is 0 Å². The highest BCUT2D eigenvalue weighted by atomic mass is 19.4. The Balaban J connectivity index is 3.42. The summed E-state index contributed by atoms with van der Waals surface area (Å²) in [4.78, 5) is 10.7. The smallest absolute Gasteiger partial charge is 0.290 e. The van der Waals surface area contributed by atoms with Gasteiger partial charge in [0.1, 0.15) is 0 Å². The predicted molar refractivity (Wildman–Crippen MR) is 99.6 cm³/mol. The summed E-state index contributed by atoms with van der Waals surface area (Å²) in [5.41, 5.74) is 0. The van der Waals surface area contributed by atoms with Crippen molar-refractivity contribution in [1.29, 1.82) is 0 Å². The minimum absolute atomic E-state index is 0.254. The molecule has 0 unspecified atom stereocenters. The van der Waals surface area contributed by atoms with E-state index in [1.165, 1.54) is 38.5 Å². The maximum atomic E-state index is 12.0. The quantitative estimate of drug-likeness (QED) is 0.219. The van der Waals surface area contributed by atoms with E-state index in [4.69, 9.17) is 0 Å². The number of allylic oxidation sites excluding steroid dienone is 6. The van der Waals surface area contributed by atoms with E-state index in [1.807, 2.05) is 12.2 Å². The van der Waals surface area contributed by atoms with Gasteiger partial charge in [0.25, 0.3) is 0 Å². The van der Waals surface area contributed by atoms with E-state index in [-0.39, 0.29) is 6.42 Å². The number of hydrogen-bond donors (Lipinski definition) is 0. The zero-order valence-electron chi connectivity index (χ0n) is 15.5. The fraction of sp³-hybridized carbons (Fsp3) is 0.667. The van der Waals surface area contributed by atoms with Crippen molar-refractivity contribution in [3.05, 3.63) is 36.5 Å². The Labute approximate surface area is 151 Å². The molecular formula is C21H33F3O. The van der Waals surface area contributed by atoms with E-state index >= 15 is 0 Å². The Morgan fingerprint density at radius 1 is 0.720 bits per heavy atom. The van der Waals surface area contributed by atoms with Crippen LogP contribution in [0.5, 0.6) is 0 Å². The normalized spacial score (nSPS) is 12.8. The average molecular weight is 358 g/mol. The average Bonchev–Trinajstić information content (AvgIpc) is 2.56. The Morgan fingerprint density at radius 3 is 1.64 bits per heavy atom. The van der Waals surface area contributed by atoms with Crippen LogP contribution in [0.15, 0.2) is 36.5 Å². The Bertz CT molecular complexity index is 406. The van der Waals surface area contributed by atoms with Gasteiger partial charge in [0.15, 0.2) is 0 Å². The summed E-state index contributed by atoms with van der Waals surface area (Å²) in [6, 6.07) is 0. The van der Waals surface area contributed by atoms with Gasteiger partial charge in [-0.25, -0.2) is 0 Å². The third kappa shape index (κ3) is 17.3. The molecule has 25 heavy (non-hydrogen) atoms. The van der Waals surface area contributed by atoms with E-state index in [0.717, 1.165) is 19.3 Å². The topological polar surface area (TPSA) is 17.1 Å². The molecule has 0 aliphatic rings. The molecule has 0 atom stereocenters. The molecule has 0 spiro atoms. The van der Waals surface area contributed by atoms with E-state index in [2.05, 4.69) is 31.2 Å². The zero-order valence-corrected chi connectivity index (χ0v) is 15.5. The number of alkyl halides is 3. The van der Waals surface area contributed by atoms with Crippen LogP contribution in [0.2, 0.25) is 0 Å². The van der Waals surface area contributed by atoms with Crippen LogP contribution in [0.3, 0.4) is 0 Å². The Morgan fingerprint density at radius 2 is 1.16 bits per heavy atom. The van der Waals surface area contributed by atoms with Crippen LogP contribution in [0.1, 0.15) is 84.0 Å². The summed E-state index contributed by atoms with van der Waals surface area (Å²) in [6.45, 7) is 2.22.